The van der Waals surface area contributed by atoms with E-state index < -0.39 is 0 Å². The summed E-state index contributed by atoms with van der Waals surface area (Å²) in [6.45, 7) is 1.50. The number of benzene rings is 1. The van der Waals surface area contributed by atoms with E-state index in [2.05, 4.69) is 0 Å². The van der Waals surface area contributed by atoms with Crippen molar-refractivity contribution in [3.63, 3.8) is 0 Å². The molecule has 0 amide bonds. The summed E-state index contributed by atoms with van der Waals surface area (Å²) in [5.41, 5.74) is 0.635. The molecule has 0 saturated carbocycles. The first-order valence-electron chi connectivity index (χ1n) is 4.01. The van der Waals surface area contributed by atoms with Gasteiger partial charge in [0.1, 0.15) is 0 Å². The molecule has 0 heterocycles. The molecule has 0 spiro atoms. The van der Waals surface area contributed by atoms with Crippen molar-refractivity contribution in [2.75, 3.05) is 0 Å². The fourth-order valence-electron chi connectivity index (χ4n) is 0.836. The third kappa shape index (κ3) is 3.62. The second kappa shape index (κ2) is 5.30. The molecule has 0 bridgehead atoms. The van der Waals surface area contributed by atoms with Crippen LogP contribution < -0.4 is 0 Å². The Labute approximate surface area is 93.8 Å². The molecule has 1 rings (SSSR count). The summed E-state index contributed by atoms with van der Waals surface area (Å²) in [6, 6.07) is 6.73. The molecular formula is C10H9ClO2Se. The van der Waals surface area contributed by atoms with E-state index >= 15 is 0 Å². The molecule has 0 N–H and O–H groups in total. The number of halogens is 1. The van der Waals surface area contributed by atoms with Gasteiger partial charge >= 0.3 is 93.7 Å². The van der Waals surface area contributed by atoms with Crippen molar-refractivity contribution in [2.24, 2.45) is 0 Å². The molecule has 0 fully saturated rings. The van der Waals surface area contributed by atoms with Gasteiger partial charge in [-0.05, 0) is 0 Å². The molecule has 0 radical (unpaired) electrons. The fraction of sp³-hybridized carbons (Fsp3) is 0.200. The quantitative estimate of drug-likeness (QED) is 0.790. The van der Waals surface area contributed by atoms with E-state index in [0.717, 1.165) is 0 Å². The van der Waals surface area contributed by atoms with Crippen molar-refractivity contribution in [1.29, 1.82) is 0 Å². The summed E-state index contributed by atoms with van der Waals surface area (Å²) in [7, 11) is 0. The van der Waals surface area contributed by atoms with E-state index in [1.807, 2.05) is 0 Å². The van der Waals surface area contributed by atoms with Crippen LogP contribution in [0, 0.1) is 0 Å². The van der Waals surface area contributed by atoms with Crippen LogP contribution in [0.25, 0.3) is 0 Å². The number of carbonyl (C=O) groups is 2. The maximum atomic E-state index is 11.5. The molecule has 0 aliphatic carbocycles. The van der Waals surface area contributed by atoms with E-state index in [4.69, 9.17) is 11.6 Å². The van der Waals surface area contributed by atoms with Gasteiger partial charge in [-0.15, -0.1) is 0 Å². The number of hydrogen-bond donors (Lipinski definition) is 0. The maximum absolute atomic E-state index is 11.5. The van der Waals surface area contributed by atoms with E-state index in [1.54, 1.807) is 24.3 Å². The van der Waals surface area contributed by atoms with Gasteiger partial charge in [-0.1, -0.05) is 0 Å². The van der Waals surface area contributed by atoms with Crippen LogP contribution in [-0.4, -0.2) is 25.4 Å². The SMILES string of the molecule is CC(=O)C[Se]C(=O)c1ccc(Cl)cc1. The second-order valence-corrected chi connectivity index (χ2v) is 5.21. The molecule has 0 aliphatic heterocycles. The van der Waals surface area contributed by atoms with Crippen LogP contribution in [0.1, 0.15) is 17.3 Å². The van der Waals surface area contributed by atoms with Gasteiger partial charge in [-0.3, -0.25) is 0 Å². The molecule has 0 atom stereocenters. The summed E-state index contributed by atoms with van der Waals surface area (Å²) < 4.78 is 0.0457. The first-order valence-corrected chi connectivity index (χ1v) is 6.46. The predicted octanol–water partition coefficient (Wildman–Crippen LogP) is 2.19. The van der Waals surface area contributed by atoms with Crippen LogP contribution in [0.5, 0.6) is 0 Å². The van der Waals surface area contributed by atoms with Crippen LogP contribution in [0.2, 0.25) is 10.3 Å². The van der Waals surface area contributed by atoms with Crippen molar-refractivity contribution in [3.05, 3.63) is 34.9 Å². The van der Waals surface area contributed by atoms with Gasteiger partial charge < -0.3 is 0 Å². The molecule has 74 valence electrons. The molecule has 0 aromatic heterocycles. The Balaban J connectivity index is 2.61. The molecule has 4 heteroatoms. The Bertz CT molecular complexity index is 346. The molecule has 1 aromatic rings. The average Bonchev–Trinajstić information content (AvgIpc) is 2.15. The third-order valence-electron chi connectivity index (χ3n) is 1.49. The van der Waals surface area contributed by atoms with Crippen molar-refractivity contribution in [1.82, 2.24) is 0 Å². The molecular weight excluding hydrogens is 267 g/mol. The minimum atomic E-state index is -0.278. The number of rotatable bonds is 4. The van der Waals surface area contributed by atoms with Gasteiger partial charge in [0.05, 0.1) is 0 Å². The van der Waals surface area contributed by atoms with Gasteiger partial charge in [0.15, 0.2) is 0 Å². The molecule has 14 heavy (non-hydrogen) atoms. The van der Waals surface area contributed by atoms with Crippen LogP contribution in [0.15, 0.2) is 24.3 Å². The fourth-order valence-corrected chi connectivity index (χ4v) is 2.30. The first-order chi connectivity index (χ1) is 6.59. The van der Waals surface area contributed by atoms with Gasteiger partial charge in [-0.2, -0.15) is 0 Å². The third-order valence-corrected chi connectivity index (χ3v) is 3.94. The molecule has 0 aliphatic rings. The summed E-state index contributed by atoms with van der Waals surface area (Å²) >= 11 is 5.41. The average molecular weight is 276 g/mol. The van der Waals surface area contributed by atoms with Crippen LogP contribution >= 0.6 is 11.6 Å². The van der Waals surface area contributed by atoms with E-state index in [1.165, 1.54) is 6.92 Å². The Morgan fingerprint density at radius 3 is 2.36 bits per heavy atom. The van der Waals surface area contributed by atoms with Crippen LogP contribution in [-0.2, 0) is 4.79 Å². The molecule has 0 saturated heterocycles. The Morgan fingerprint density at radius 2 is 1.86 bits per heavy atom. The van der Waals surface area contributed by atoms with Gasteiger partial charge in [0.2, 0.25) is 0 Å². The van der Waals surface area contributed by atoms with Gasteiger partial charge in [0.25, 0.3) is 0 Å². The van der Waals surface area contributed by atoms with Gasteiger partial charge in [0, 0.05) is 0 Å². The molecule has 2 nitrogen and oxygen atoms in total. The second-order valence-electron chi connectivity index (χ2n) is 2.79. The zero-order valence-corrected chi connectivity index (χ0v) is 10.1. The van der Waals surface area contributed by atoms with Crippen LogP contribution in [0.4, 0.5) is 0 Å². The summed E-state index contributed by atoms with van der Waals surface area (Å²) in [4.78, 5) is 22.2. The Morgan fingerprint density at radius 1 is 1.29 bits per heavy atom. The van der Waals surface area contributed by atoms with Crippen molar-refractivity contribution in [2.45, 2.75) is 12.2 Å². The van der Waals surface area contributed by atoms with Crippen LogP contribution in [0.3, 0.4) is 0 Å². The van der Waals surface area contributed by atoms with Crippen molar-refractivity contribution < 1.29 is 9.59 Å². The number of Topliss-reactive ketones (excluding diaryl/α,β-unsaturated/α-hetero) is 1. The Hall–Kier alpha value is -0.631. The van der Waals surface area contributed by atoms with E-state index in [-0.39, 0.29) is 25.4 Å². The normalized spacial score (nSPS) is 9.86. The Kier molecular flexibility index (Phi) is 4.33. The number of hydrogen-bond acceptors (Lipinski definition) is 2. The molecule has 1 aromatic carbocycles. The summed E-state index contributed by atoms with van der Waals surface area (Å²) in [5, 5.41) is 0.981. The van der Waals surface area contributed by atoms with Crippen molar-refractivity contribution in [3.8, 4) is 0 Å². The van der Waals surface area contributed by atoms with Crippen molar-refractivity contribution >= 4 is 37.0 Å². The van der Waals surface area contributed by atoms with E-state index in [9.17, 15) is 9.59 Å². The zero-order valence-electron chi connectivity index (χ0n) is 7.62. The number of carbonyl (C=O) groups excluding carboxylic acids is 2. The standard InChI is InChI=1S/C10H9ClO2Se/c1-7(12)6-14-10(13)8-2-4-9(11)5-3-8/h2-5H,6H2,1H3. The number of ketones is 1. The monoisotopic (exact) mass is 276 g/mol. The zero-order chi connectivity index (χ0) is 10.6. The summed E-state index contributed by atoms with van der Waals surface area (Å²) in [6.07, 6.45) is 0. The molecule has 0 unspecified atom stereocenters. The topological polar surface area (TPSA) is 34.1 Å². The first kappa shape index (κ1) is 11.4. The van der Waals surface area contributed by atoms with Gasteiger partial charge in [-0.25, -0.2) is 0 Å². The predicted molar refractivity (Wildman–Crippen MR) is 57.0 cm³/mol. The summed E-state index contributed by atoms with van der Waals surface area (Å²) in [5.74, 6) is 0.0623. The van der Waals surface area contributed by atoms with E-state index in [0.29, 0.717) is 15.9 Å². The minimum absolute atomic E-state index is 0.0457.